The molecular weight excluding hydrogens is 286 g/mol. The third kappa shape index (κ3) is 3.55. The first kappa shape index (κ1) is 17.5. The molecule has 2 aliphatic rings. The standard InChI is InChI=1S/C16H29NO5/c1-14(2,3)22-13(19)17-8-4-5-16(20,11-17)15(12-18)6-9-21-10-7-15/h18,20H,4-12H2,1-3H3. The van der Waals surface area contributed by atoms with E-state index in [-0.39, 0.29) is 13.2 Å². The van der Waals surface area contributed by atoms with Crippen LogP contribution in [0.4, 0.5) is 4.79 Å². The molecule has 128 valence electrons. The van der Waals surface area contributed by atoms with Gasteiger partial charge in [-0.3, -0.25) is 0 Å². The highest BCUT2D eigenvalue weighted by molar-refractivity contribution is 5.68. The second kappa shape index (κ2) is 6.34. The van der Waals surface area contributed by atoms with Crippen LogP contribution in [0.3, 0.4) is 0 Å². The summed E-state index contributed by atoms with van der Waals surface area (Å²) in [6, 6.07) is 0. The number of ether oxygens (including phenoxy) is 2. The van der Waals surface area contributed by atoms with Crippen molar-refractivity contribution in [1.29, 1.82) is 0 Å². The average molecular weight is 315 g/mol. The molecule has 22 heavy (non-hydrogen) atoms. The van der Waals surface area contributed by atoms with Crippen LogP contribution in [0.2, 0.25) is 0 Å². The normalized spacial score (nSPS) is 29.2. The Morgan fingerprint density at radius 2 is 1.91 bits per heavy atom. The van der Waals surface area contributed by atoms with Crippen molar-refractivity contribution in [3.8, 4) is 0 Å². The number of likely N-dealkylation sites (tertiary alicyclic amines) is 1. The summed E-state index contributed by atoms with van der Waals surface area (Å²) in [5, 5.41) is 21.1. The summed E-state index contributed by atoms with van der Waals surface area (Å²) >= 11 is 0. The van der Waals surface area contributed by atoms with Crippen LogP contribution in [0, 0.1) is 5.41 Å². The number of nitrogens with zero attached hydrogens (tertiary/aromatic N) is 1. The molecule has 2 N–H and O–H groups in total. The zero-order chi connectivity index (χ0) is 16.4. The number of β-amino-alcohol motifs (C(OH)–C–C–N with tert-alkyl or cyclic N) is 1. The molecule has 2 aliphatic heterocycles. The maximum absolute atomic E-state index is 12.3. The van der Waals surface area contributed by atoms with E-state index in [4.69, 9.17) is 9.47 Å². The molecule has 1 unspecified atom stereocenters. The number of carbonyl (C=O) groups excluding carboxylic acids is 1. The third-order valence-corrected chi connectivity index (χ3v) is 4.86. The molecule has 0 aromatic carbocycles. The van der Waals surface area contributed by atoms with E-state index >= 15 is 0 Å². The Morgan fingerprint density at radius 3 is 2.45 bits per heavy atom. The Hall–Kier alpha value is -0.850. The zero-order valence-corrected chi connectivity index (χ0v) is 13.9. The van der Waals surface area contributed by atoms with E-state index in [9.17, 15) is 15.0 Å². The third-order valence-electron chi connectivity index (χ3n) is 4.86. The summed E-state index contributed by atoms with van der Waals surface area (Å²) in [5.74, 6) is 0. The van der Waals surface area contributed by atoms with Crippen LogP contribution in [-0.4, -0.2) is 65.3 Å². The predicted molar refractivity (Wildman–Crippen MR) is 81.6 cm³/mol. The van der Waals surface area contributed by atoms with Crippen molar-refractivity contribution in [1.82, 2.24) is 4.90 Å². The van der Waals surface area contributed by atoms with Gasteiger partial charge in [-0.25, -0.2) is 4.79 Å². The van der Waals surface area contributed by atoms with E-state index in [1.54, 1.807) is 4.90 Å². The zero-order valence-electron chi connectivity index (χ0n) is 13.9. The summed E-state index contributed by atoms with van der Waals surface area (Å²) in [5.41, 5.74) is -2.23. The summed E-state index contributed by atoms with van der Waals surface area (Å²) in [7, 11) is 0. The van der Waals surface area contributed by atoms with E-state index in [0.29, 0.717) is 45.4 Å². The molecular formula is C16H29NO5. The van der Waals surface area contributed by atoms with E-state index in [1.807, 2.05) is 20.8 Å². The molecule has 6 heteroatoms. The minimum absolute atomic E-state index is 0.0883. The van der Waals surface area contributed by atoms with E-state index in [0.717, 1.165) is 0 Å². The Balaban J connectivity index is 2.12. The van der Waals surface area contributed by atoms with Crippen LogP contribution in [0.5, 0.6) is 0 Å². The summed E-state index contributed by atoms with van der Waals surface area (Å²) in [6.45, 7) is 7.26. The molecule has 6 nitrogen and oxygen atoms in total. The predicted octanol–water partition coefficient (Wildman–Crippen LogP) is 1.54. The van der Waals surface area contributed by atoms with Crippen LogP contribution >= 0.6 is 0 Å². The Kier molecular flexibility index (Phi) is 5.04. The lowest BCUT2D eigenvalue weighted by Crippen LogP contribution is -2.62. The number of aliphatic hydroxyl groups excluding tert-OH is 1. The van der Waals surface area contributed by atoms with Crippen LogP contribution in [-0.2, 0) is 9.47 Å². The molecule has 0 spiro atoms. The van der Waals surface area contributed by atoms with Gasteiger partial charge >= 0.3 is 6.09 Å². The van der Waals surface area contributed by atoms with Gasteiger partial charge in [-0.05, 0) is 46.5 Å². The summed E-state index contributed by atoms with van der Waals surface area (Å²) in [6.07, 6.45) is 2.13. The molecule has 0 aromatic rings. The molecule has 0 aromatic heterocycles. The maximum atomic E-state index is 12.3. The fraction of sp³-hybridized carbons (Fsp3) is 0.938. The molecule has 0 radical (unpaired) electrons. The minimum atomic E-state index is -1.08. The highest BCUT2D eigenvalue weighted by atomic mass is 16.6. The monoisotopic (exact) mass is 315 g/mol. The van der Waals surface area contributed by atoms with Gasteiger partial charge in [0.2, 0.25) is 0 Å². The smallest absolute Gasteiger partial charge is 0.410 e. The van der Waals surface area contributed by atoms with Crippen LogP contribution < -0.4 is 0 Å². The molecule has 2 saturated heterocycles. The Morgan fingerprint density at radius 1 is 1.27 bits per heavy atom. The van der Waals surface area contributed by atoms with Gasteiger partial charge in [-0.15, -0.1) is 0 Å². The summed E-state index contributed by atoms with van der Waals surface area (Å²) < 4.78 is 10.8. The number of carbonyl (C=O) groups is 1. The lowest BCUT2D eigenvalue weighted by atomic mass is 9.64. The highest BCUT2D eigenvalue weighted by Gasteiger charge is 2.53. The quantitative estimate of drug-likeness (QED) is 0.808. The molecule has 1 atom stereocenters. The van der Waals surface area contributed by atoms with Crippen molar-refractivity contribution in [3.63, 3.8) is 0 Å². The first-order valence-corrected chi connectivity index (χ1v) is 8.10. The first-order valence-electron chi connectivity index (χ1n) is 8.10. The minimum Gasteiger partial charge on any atom is -0.444 e. The van der Waals surface area contributed by atoms with Crippen molar-refractivity contribution < 1.29 is 24.5 Å². The van der Waals surface area contributed by atoms with Crippen molar-refractivity contribution in [2.45, 2.75) is 57.7 Å². The Bertz CT molecular complexity index is 400. The SMILES string of the molecule is CC(C)(C)OC(=O)N1CCCC(O)(C2(CO)CCOCC2)C1. The fourth-order valence-electron chi connectivity index (χ4n) is 3.48. The molecule has 1 amide bonds. The lowest BCUT2D eigenvalue weighted by molar-refractivity contribution is -0.175. The van der Waals surface area contributed by atoms with Crippen LogP contribution in [0.15, 0.2) is 0 Å². The molecule has 0 aliphatic carbocycles. The van der Waals surface area contributed by atoms with E-state index < -0.39 is 22.7 Å². The Labute approximate surface area is 132 Å². The van der Waals surface area contributed by atoms with E-state index in [2.05, 4.69) is 0 Å². The molecule has 2 rings (SSSR count). The maximum Gasteiger partial charge on any atom is 0.410 e. The number of piperidine rings is 1. The van der Waals surface area contributed by atoms with Crippen molar-refractivity contribution in [3.05, 3.63) is 0 Å². The highest BCUT2D eigenvalue weighted by Crippen LogP contribution is 2.45. The van der Waals surface area contributed by atoms with Crippen LogP contribution in [0.25, 0.3) is 0 Å². The van der Waals surface area contributed by atoms with Gasteiger partial charge in [0, 0.05) is 25.2 Å². The van der Waals surface area contributed by atoms with Crippen molar-refractivity contribution in [2.75, 3.05) is 32.9 Å². The van der Waals surface area contributed by atoms with Gasteiger partial charge in [0.25, 0.3) is 0 Å². The summed E-state index contributed by atoms with van der Waals surface area (Å²) in [4.78, 5) is 13.9. The van der Waals surface area contributed by atoms with Gasteiger partial charge < -0.3 is 24.6 Å². The second-order valence-electron chi connectivity index (χ2n) is 7.59. The van der Waals surface area contributed by atoms with Crippen LogP contribution in [0.1, 0.15) is 46.5 Å². The second-order valence-corrected chi connectivity index (χ2v) is 7.59. The van der Waals surface area contributed by atoms with E-state index in [1.165, 1.54) is 0 Å². The van der Waals surface area contributed by atoms with Gasteiger partial charge in [-0.1, -0.05) is 0 Å². The fourth-order valence-corrected chi connectivity index (χ4v) is 3.48. The number of hydrogen-bond donors (Lipinski definition) is 2. The largest absolute Gasteiger partial charge is 0.444 e. The van der Waals surface area contributed by atoms with Crippen molar-refractivity contribution >= 4 is 6.09 Å². The lowest BCUT2D eigenvalue weighted by Gasteiger charge is -2.52. The number of amides is 1. The van der Waals surface area contributed by atoms with Crippen molar-refractivity contribution in [2.24, 2.45) is 5.41 Å². The van der Waals surface area contributed by atoms with Gasteiger partial charge in [0.15, 0.2) is 0 Å². The van der Waals surface area contributed by atoms with Gasteiger partial charge in [0.1, 0.15) is 5.60 Å². The molecule has 2 heterocycles. The average Bonchev–Trinajstić information content (AvgIpc) is 2.46. The van der Waals surface area contributed by atoms with Gasteiger partial charge in [0.05, 0.1) is 18.8 Å². The number of hydrogen-bond acceptors (Lipinski definition) is 5. The topological polar surface area (TPSA) is 79.2 Å². The molecule has 0 saturated carbocycles. The number of aliphatic hydroxyl groups is 2. The first-order chi connectivity index (χ1) is 10.2. The molecule has 0 bridgehead atoms. The van der Waals surface area contributed by atoms with Gasteiger partial charge in [-0.2, -0.15) is 0 Å². The number of rotatable bonds is 2. The molecule has 2 fully saturated rings.